The number of carbonyl (C=O) groups is 2. The Hall–Kier alpha value is -1.89. The highest BCUT2D eigenvalue weighted by molar-refractivity contribution is 8.13. The Balaban J connectivity index is 1.43. The van der Waals surface area contributed by atoms with Crippen LogP contribution in [0.3, 0.4) is 0 Å². The van der Waals surface area contributed by atoms with Crippen LogP contribution in [0.5, 0.6) is 11.5 Å². The molecule has 0 spiro atoms. The van der Waals surface area contributed by atoms with E-state index in [0.29, 0.717) is 26.2 Å². The third kappa shape index (κ3) is 3.42. The van der Waals surface area contributed by atoms with Crippen molar-refractivity contribution in [1.82, 2.24) is 9.80 Å². The second kappa shape index (κ2) is 7.15. The quantitative estimate of drug-likeness (QED) is 0.824. The summed E-state index contributed by atoms with van der Waals surface area (Å²) in [4.78, 5) is 28.1. The Labute approximate surface area is 151 Å². The lowest BCUT2D eigenvalue weighted by Gasteiger charge is -2.27. The Bertz CT molecular complexity index is 681. The minimum absolute atomic E-state index is 0.0898. The number of rotatable bonds is 4. The number of fused-ring (bicyclic) bond motifs is 1. The number of hydrogen-bond donors (Lipinski definition) is 0. The molecule has 0 aliphatic carbocycles. The molecule has 2 fully saturated rings. The number of hydrogen-bond acceptors (Lipinski definition) is 5. The lowest BCUT2D eigenvalue weighted by atomic mass is 10.0. The minimum atomic E-state index is 0.0898. The molecule has 0 radical (unpaired) electrons. The molecule has 3 heterocycles. The molecule has 1 unspecified atom stereocenters. The van der Waals surface area contributed by atoms with E-state index in [-0.39, 0.29) is 17.2 Å². The molecular formula is C18H22N2O4S. The van der Waals surface area contributed by atoms with Gasteiger partial charge in [-0.05, 0) is 30.5 Å². The first-order chi connectivity index (χ1) is 12.2. The monoisotopic (exact) mass is 362 g/mol. The highest BCUT2D eigenvalue weighted by Crippen LogP contribution is 2.38. The van der Waals surface area contributed by atoms with Gasteiger partial charge in [0.2, 0.25) is 5.91 Å². The van der Waals surface area contributed by atoms with Crippen LogP contribution in [0.15, 0.2) is 18.2 Å². The van der Waals surface area contributed by atoms with E-state index in [0.717, 1.165) is 48.7 Å². The maximum atomic E-state index is 12.7. The number of carbonyl (C=O) groups excluding carboxylic acids is 2. The first kappa shape index (κ1) is 16.6. The predicted molar refractivity (Wildman–Crippen MR) is 95.2 cm³/mol. The first-order valence-corrected chi connectivity index (χ1v) is 9.81. The van der Waals surface area contributed by atoms with Crippen LogP contribution in [-0.2, 0) is 4.79 Å². The average Bonchev–Trinajstić information content (AvgIpc) is 3.28. The van der Waals surface area contributed by atoms with Gasteiger partial charge < -0.3 is 19.3 Å². The minimum Gasteiger partial charge on any atom is -0.486 e. The third-order valence-electron chi connectivity index (χ3n) is 4.96. The van der Waals surface area contributed by atoms with Crippen LogP contribution < -0.4 is 9.47 Å². The summed E-state index contributed by atoms with van der Waals surface area (Å²) in [5, 5.41) is 0.0950. The van der Waals surface area contributed by atoms with Crippen molar-refractivity contribution in [3.63, 3.8) is 0 Å². The van der Waals surface area contributed by atoms with Crippen molar-refractivity contribution in [1.29, 1.82) is 0 Å². The van der Waals surface area contributed by atoms with Gasteiger partial charge in [0.05, 0.1) is 6.04 Å². The summed E-state index contributed by atoms with van der Waals surface area (Å²) < 4.78 is 11.2. The van der Waals surface area contributed by atoms with Gasteiger partial charge in [-0.1, -0.05) is 17.8 Å². The van der Waals surface area contributed by atoms with E-state index in [4.69, 9.17) is 9.47 Å². The van der Waals surface area contributed by atoms with E-state index >= 15 is 0 Å². The van der Waals surface area contributed by atoms with Gasteiger partial charge in [-0.15, -0.1) is 0 Å². The van der Waals surface area contributed by atoms with E-state index in [9.17, 15) is 9.59 Å². The maximum absolute atomic E-state index is 12.7. The smallest absolute Gasteiger partial charge is 0.281 e. The zero-order valence-corrected chi connectivity index (χ0v) is 14.9. The zero-order chi connectivity index (χ0) is 17.2. The number of likely N-dealkylation sites (tertiary alicyclic amines) is 1. The molecule has 4 rings (SSSR count). The fourth-order valence-electron chi connectivity index (χ4n) is 3.68. The van der Waals surface area contributed by atoms with E-state index in [1.165, 1.54) is 11.8 Å². The van der Waals surface area contributed by atoms with Crippen molar-refractivity contribution in [3.8, 4) is 11.5 Å². The summed E-state index contributed by atoms with van der Waals surface area (Å²) in [5.74, 6) is 2.50. The molecule has 3 aliphatic rings. The van der Waals surface area contributed by atoms with Crippen molar-refractivity contribution < 1.29 is 19.1 Å². The molecule has 25 heavy (non-hydrogen) atoms. The van der Waals surface area contributed by atoms with Gasteiger partial charge in [0.25, 0.3) is 5.24 Å². The molecule has 0 bridgehead atoms. The molecular weight excluding hydrogens is 340 g/mol. The molecule has 3 aliphatic heterocycles. The van der Waals surface area contributed by atoms with Crippen LogP contribution in [0.1, 0.15) is 30.9 Å². The molecule has 1 aromatic rings. The van der Waals surface area contributed by atoms with Gasteiger partial charge in [-0.25, -0.2) is 0 Å². The molecule has 1 atom stereocenters. The number of nitrogens with zero attached hydrogens (tertiary/aromatic N) is 2. The molecule has 0 aromatic heterocycles. The summed E-state index contributed by atoms with van der Waals surface area (Å²) in [6, 6.07) is 6.06. The van der Waals surface area contributed by atoms with Gasteiger partial charge in [0.15, 0.2) is 11.5 Å². The number of ether oxygens (including phenoxy) is 2. The van der Waals surface area contributed by atoms with Crippen LogP contribution in [0.4, 0.5) is 4.79 Å². The van der Waals surface area contributed by atoms with E-state index < -0.39 is 0 Å². The van der Waals surface area contributed by atoms with Gasteiger partial charge >= 0.3 is 0 Å². The van der Waals surface area contributed by atoms with E-state index in [2.05, 4.69) is 0 Å². The summed E-state index contributed by atoms with van der Waals surface area (Å²) in [6.45, 7) is 3.19. The van der Waals surface area contributed by atoms with Gasteiger partial charge in [0, 0.05) is 31.8 Å². The Morgan fingerprint density at radius 1 is 1.20 bits per heavy atom. The first-order valence-electron chi connectivity index (χ1n) is 8.83. The lowest BCUT2D eigenvalue weighted by molar-refractivity contribution is -0.132. The molecule has 134 valence electrons. The maximum Gasteiger partial charge on any atom is 0.281 e. The van der Waals surface area contributed by atoms with Gasteiger partial charge in [-0.3, -0.25) is 9.59 Å². The summed E-state index contributed by atoms with van der Waals surface area (Å²) in [7, 11) is 0. The van der Waals surface area contributed by atoms with Crippen molar-refractivity contribution in [3.05, 3.63) is 23.8 Å². The molecule has 0 N–H and O–H groups in total. The topological polar surface area (TPSA) is 59.1 Å². The summed E-state index contributed by atoms with van der Waals surface area (Å²) in [6.07, 6.45) is 2.36. The lowest BCUT2D eigenvalue weighted by Crippen LogP contribution is -2.34. The van der Waals surface area contributed by atoms with Crippen LogP contribution in [-0.4, -0.2) is 59.5 Å². The second-order valence-electron chi connectivity index (χ2n) is 6.50. The van der Waals surface area contributed by atoms with Crippen molar-refractivity contribution >= 4 is 22.9 Å². The van der Waals surface area contributed by atoms with Crippen LogP contribution >= 0.6 is 11.8 Å². The number of thioether (sulfide) groups is 1. The Morgan fingerprint density at radius 3 is 2.84 bits per heavy atom. The van der Waals surface area contributed by atoms with Gasteiger partial charge in [0.1, 0.15) is 13.2 Å². The van der Waals surface area contributed by atoms with Crippen LogP contribution in [0, 0.1) is 0 Å². The van der Waals surface area contributed by atoms with Crippen molar-refractivity contribution in [2.24, 2.45) is 0 Å². The largest absolute Gasteiger partial charge is 0.486 e. The standard InChI is InChI=1S/C18H22N2O4S/c21-17(5-7-19-8-11-25-18(19)22)20-6-1-2-14(20)13-3-4-15-16(12-13)24-10-9-23-15/h3-4,12,14H,1-2,5-11H2. The van der Waals surface area contributed by atoms with E-state index in [1.807, 2.05) is 23.1 Å². The highest BCUT2D eigenvalue weighted by Gasteiger charge is 2.31. The fraction of sp³-hybridized carbons (Fsp3) is 0.556. The fourth-order valence-corrected chi connectivity index (χ4v) is 4.53. The molecule has 0 saturated carbocycles. The normalized spacial score (nSPS) is 22.6. The number of amides is 2. The Kier molecular flexibility index (Phi) is 4.74. The van der Waals surface area contributed by atoms with Crippen LogP contribution in [0.2, 0.25) is 0 Å². The molecule has 2 amide bonds. The highest BCUT2D eigenvalue weighted by atomic mass is 32.2. The third-order valence-corrected chi connectivity index (χ3v) is 5.86. The Morgan fingerprint density at radius 2 is 2.04 bits per heavy atom. The SMILES string of the molecule is O=C1SCCN1CCC(=O)N1CCCC1c1ccc2c(c1)OCCO2. The van der Waals surface area contributed by atoms with Crippen LogP contribution in [0.25, 0.3) is 0 Å². The van der Waals surface area contributed by atoms with Crippen molar-refractivity contribution in [2.45, 2.75) is 25.3 Å². The molecule has 1 aromatic carbocycles. The molecule has 7 heteroatoms. The molecule has 6 nitrogen and oxygen atoms in total. The van der Waals surface area contributed by atoms with E-state index in [1.54, 1.807) is 4.90 Å². The average molecular weight is 362 g/mol. The van der Waals surface area contributed by atoms with Crippen molar-refractivity contribution in [2.75, 3.05) is 38.6 Å². The zero-order valence-electron chi connectivity index (χ0n) is 14.1. The summed E-state index contributed by atoms with van der Waals surface area (Å²) >= 11 is 1.34. The van der Waals surface area contributed by atoms with Gasteiger partial charge in [-0.2, -0.15) is 0 Å². The molecule has 2 saturated heterocycles. The second-order valence-corrected chi connectivity index (χ2v) is 7.55. The number of benzene rings is 1. The summed E-state index contributed by atoms with van der Waals surface area (Å²) in [5.41, 5.74) is 1.10. The predicted octanol–water partition coefficient (Wildman–Crippen LogP) is 2.68.